The van der Waals surface area contributed by atoms with Crippen LogP contribution >= 0.6 is 47.4 Å². The lowest BCUT2D eigenvalue weighted by Crippen LogP contribution is -2.69. The van der Waals surface area contributed by atoms with Gasteiger partial charge < -0.3 is 19.9 Å². The number of carbonyl (C=O) groups is 3. The van der Waals surface area contributed by atoms with Gasteiger partial charge in [0.15, 0.2) is 12.3 Å². The van der Waals surface area contributed by atoms with Gasteiger partial charge in [0.25, 0.3) is 11.8 Å². The van der Waals surface area contributed by atoms with Crippen molar-refractivity contribution in [1.29, 1.82) is 0 Å². The summed E-state index contributed by atoms with van der Waals surface area (Å²) in [5.41, 5.74) is -0.463. The molecule has 2 unspecified atom stereocenters. The first-order chi connectivity index (χ1) is 13.5. The molecule has 8 nitrogen and oxygen atoms in total. The summed E-state index contributed by atoms with van der Waals surface area (Å²) in [7, 11) is 0. The van der Waals surface area contributed by atoms with Crippen LogP contribution in [-0.4, -0.2) is 56.2 Å². The van der Waals surface area contributed by atoms with Gasteiger partial charge in [0.05, 0.1) is 0 Å². The van der Waals surface area contributed by atoms with Crippen molar-refractivity contribution in [2.75, 3.05) is 13.2 Å². The van der Waals surface area contributed by atoms with Crippen LogP contribution in [0.3, 0.4) is 0 Å². The standard InChI is InChI=1S/C17H17Cl3N2O6S/c1-9(23)13(16(26)28-8-17(18,19)20)22-14(25)12(15(22)29)21-11(24)7-27-10-5-3-2-4-6-10/h2-6,12,15,23,29H,7-8H2,1H3,(H,21,24). The van der Waals surface area contributed by atoms with Gasteiger partial charge in [-0.25, -0.2) is 4.79 Å². The molecule has 1 aliphatic rings. The van der Waals surface area contributed by atoms with Crippen molar-refractivity contribution in [1.82, 2.24) is 10.2 Å². The first-order valence-corrected chi connectivity index (χ1v) is 9.78. The molecule has 0 radical (unpaired) electrons. The molecule has 12 heteroatoms. The number of nitrogens with one attached hydrogen (secondary N) is 1. The normalized spacial score (nSPS) is 19.8. The Bertz CT molecular complexity index is 811. The number of allylic oxidation sites excluding steroid dienone is 1. The first-order valence-electron chi connectivity index (χ1n) is 8.13. The van der Waals surface area contributed by atoms with Crippen molar-refractivity contribution in [2.24, 2.45) is 0 Å². The van der Waals surface area contributed by atoms with Crippen molar-refractivity contribution < 1.29 is 29.0 Å². The fourth-order valence-corrected chi connectivity index (χ4v) is 2.97. The SMILES string of the molecule is CC(O)=C(C(=O)OCC(Cl)(Cl)Cl)N1C(=O)C(NC(=O)COc2ccccc2)C1S. The maximum absolute atomic E-state index is 12.4. The van der Waals surface area contributed by atoms with E-state index in [9.17, 15) is 19.5 Å². The highest BCUT2D eigenvalue weighted by Gasteiger charge is 2.50. The van der Waals surface area contributed by atoms with Gasteiger partial charge >= 0.3 is 5.97 Å². The van der Waals surface area contributed by atoms with Crippen LogP contribution in [-0.2, 0) is 19.1 Å². The summed E-state index contributed by atoms with van der Waals surface area (Å²) in [6, 6.07) is 7.62. The lowest BCUT2D eigenvalue weighted by Gasteiger charge is -2.44. The van der Waals surface area contributed by atoms with Crippen LogP contribution in [0.1, 0.15) is 6.92 Å². The molecule has 2 amide bonds. The smallest absolute Gasteiger partial charge is 0.358 e. The summed E-state index contributed by atoms with van der Waals surface area (Å²) in [6.45, 7) is 0.268. The molecule has 0 saturated carbocycles. The Hall–Kier alpha value is -1.81. The van der Waals surface area contributed by atoms with E-state index in [0.717, 1.165) is 4.90 Å². The third kappa shape index (κ3) is 6.33. The van der Waals surface area contributed by atoms with Crippen LogP contribution in [0.4, 0.5) is 0 Å². The number of thiol groups is 1. The van der Waals surface area contributed by atoms with Crippen LogP contribution in [0.15, 0.2) is 41.8 Å². The number of hydrogen-bond acceptors (Lipinski definition) is 7. The summed E-state index contributed by atoms with van der Waals surface area (Å²) < 4.78 is 8.24. The van der Waals surface area contributed by atoms with Crippen molar-refractivity contribution >= 4 is 65.2 Å². The van der Waals surface area contributed by atoms with Gasteiger partial charge in [-0.15, -0.1) is 0 Å². The average Bonchev–Trinajstić information content (AvgIpc) is 2.66. The highest BCUT2D eigenvalue weighted by Crippen LogP contribution is 2.31. The molecular formula is C17H17Cl3N2O6S. The zero-order valence-electron chi connectivity index (χ0n) is 15.0. The number of ether oxygens (including phenoxy) is 2. The lowest BCUT2D eigenvalue weighted by atomic mass is 10.1. The summed E-state index contributed by atoms with van der Waals surface area (Å²) in [5.74, 6) is -2.32. The summed E-state index contributed by atoms with van der Waals surface area (Å²) in [6.07, 6.45) is 0. The number of amides is 2. The second-order valence-electron chi connectivity index (χ2n) is 5.89. The number of halogens is 3. The van der Waals surface area contributed by atoms with E-state index >= 15 is 0 Å². The third-order valence-corrected chi connectivity index (χ3v) is 4.50. The third-order valence-electron chi connectivity index (χ3n) is 3.64. The summed E-state index contributed by atoms with van der Waals surface area (Å²) in [5, 5.41) is 11.3. The van der Waals surface area contributed by atoms with Crippen molar-refractivity contribution in [3.8, 4) is 5.75 Å². The number of para-hydroxylation sites is 1. The van der Waals surface area contributed by atoms with Gasteiger partial charge in [0, 0.05) is 0 Å². The molecule has 0 bridgehead atoms. The summed E-state index contributed by atoms with van der Waals surface area (Å²) in [4.78, 5) is 37.5. The fraction of sp³-hybridized carbons (Fsp3) is 0.353. The Kier molecular flexibility index (Phi) is 7.93. The molecule has 2 N–H and O–H groups in total. The molecule has 1 aromatic carbocycles. The monoisotopic (exact) mass is 482 g/mol. The number of aliphatic hydroxyl groups excluding tert-OH is 1. The van der Waals surface area contributed by atoms with Crippen LogP contribution in [0.5, 0.6) is 5.75 Å². The molecule has 2 rings (SSSR count). The number of aliphatic hydroxyl groups is 1. The van der Waals surface area contributed by atoms with Gasteiger partial charge in [0.2, 0.25) is 3.79 Å². The number of esters is 1. The van der Waals surface area contributed by atoms with E-state index in [4.69, 9.17) is 44.3 Å². The average molecular weight is 484 g/mol. The van der Waals surface area contributed by atoms with Gasteiger partial charge in [-0.2, -0.15) is 12.6 Å². The predicted molar refractivity (Wildman–Crippen MR) is 110 cm³/mol. The lowest BCUT2D eigenvalue weighted by molar-refractivity contribution is -0.153. The van der Waals surface area contributed by atoms with Crippen LogP contribution in [0.25, 0.3) is 0 Å². The van der Waals surface area contributed by atoms with Crippen molar-refractivity contribution in [2.45, 2.75) is 22.1 Å². The highest BCUT2D eigenvalue weighted by atomic mass is 35.6. The maximum Gasteiger partial charge on any atom is 0.358 e. The number of alkyl halides is 3. The highest BCUT2D eigenvalue weighted by molar-refractivity contribution is 7.81. The van der Waals surface area contributed by atoms with Gasteiger partial charge in [0.1, 0.15) is 29.5 Å². The Labute approximate surface area is 187 Å². The number of likely N-dealkylation sites (tertiary alicyclic amines) is 1. The number of benzene rings is 1. The molecule has 0 spiro atoms. The van der Waals surface area contributed by atoms with Gasteiger partial charge in [-0.3, -0.25) is 14.5 Å². The van der Waals surface area contributed by atoms with Crippen LogP contribution in [0.2, 0.25) is 0 Å². The maximum atomic E-state index is 12.4. The minimum absolute atomic E-state index is 0.318. The molecule has 1 aromatic rings. The minimum atomic E-state index is -1.86. The van der Waals surface area contributed by atoms with Gasteiger partial charge in [-0.1, -0.05) is 53.0 Å². The van der Waals surface area contributed by atoms with Crippen molar-refractivity contribution in [3.05, 3.63) is 41.8 Å². The number of β-lactam (4-membered cyclic amide) rings is 1. The van der Waals surface area contributed by atoms with E-state index in [1.807, 2.05) is 0 Å². The first kappa shape index (κ1) is 23.5. The zero-order chi connectivity index (χ0) is 21.8. The molecule has 29 heavy (non-hydrogen) atoms. The molecule has 1 fully saturated rings. The van der Waals surface area contributed by atoms with E-state index in [0.29, 0.717) is 5.75 Å². The molecule has 0 aromatic heterocycles. The molecule has 2 atom stereocenters. The fourth-order valence-electron chi connectivity index (χ4n) is 2.37. The number of nitrogens with zero attached hydrogens (tertiary/aromatic N) is 1. The second-order valence-corrected chi connectivity index (χ2v) is 8.94. The summed E-state index contributed by atoms with van der Waals surface area (Å²) >= 11 is 20.8. The van der Waals surface area contributed by atoms with Crippen LogP contribution in [0, 0.1) is 0 Å². The predicted octanol–water partition coefficient (Wildman–Crippen LogP) is 2.35. The Morgan fingerprint density at radius 3 is 2.41 bits per heavy atom. The topological polar surface area (TPSA) is 105 Å². The second kappa shape index (κ2) is 9.80. The molecule has 1 aliphatic heterocycles. The van der Waals surface area contributed by atoms with E-state index in [1.54, 1.807) is 30.3 Å². The largest absolute Gasteiger partial charge is 0.510 e. The number of rotatable bonds is 7. The molecule has 1 heterocycles. The Balaban J connectivity index is 1.96. The minimum Gasteiger partial charge on any atom is -0.510 e. The Morgan fingerprint density at radius 1 is 1.28 bits per heavy atom. The van der Waals surface area contributed by atoms with E-state index in [-0.39, 0.29) is 6.61 Å². The molecule has 1 saturated heterocycles. The number of hydrogen-bond donors (Lipinski definition) is 3. The van der Waals surface area contributed by atoms with E-state index < -0.39 is 51.1 Å². The van der Waals surface area contributed by atoms with Crippen molar-refractivity contribution in [3.63, 3.8) is 0 Å². The zero-order valence-corrected chi connectivity index (χ0v) is 18.1. The Morgan fingerprint density at radius 2 is 1.90 bits per heavy atom. The van der Waals surface area contributed by atoms with Gasteiger partial charge in [-0.05, 0) is 19.1 Å². The molecule has 158 valence electrons. The van der Waals surface area contributed by atoms with Crippen LogP contribution < -0.4 is 10.1 Å². The molecule has 0 aliphatic carbocycles. The van der Waals surface area contributed by atoms with E-state index in [2.05, 4.69) is 17.9 Å². The van der Waals surface area contributed by atoms with E-state index in [1.165, 1.54) is 6.92 Å². The molecular weight excluding hydrogens is 467 g/mol. The quantitative estimate of drug-likeness (QED) is 0.137. The number of carbonyl (C=O) groups excluding carboxylic acids is 3.